The first kappa shape index (κ1) is 19.7. The SMILES string of the molecule is Cc1ccc(-n2nc(C(=O)NCc3cccnc3)c3c4ccccc4n(C)c3c2=O)cc1. The number of fused-ring (bicyclic) bond motifs is 3. The largest absolute Gasteiger partial charge is 0.346 e. The molecule has 5 aromatic rings. The van der Waals surface area contributed by atoms with Crippen LogP contribution in [0.4, 0.5) is 0 Å². The molecule has 0 atom stereocenters. The lowest BCUT2D eigenvalue weighted by Gasteiger charge is -2.11. The number of nitrogens with one attached hydrogen (secondary N) is 1. The van der Waals surface area contributed by atoms with Crippen LogP contribution in [0.3, 0.4) is 0 Å². The Morgan fingerprint density at radius 2 is 1.81 bits per heavy atom. The van der Waals surface area contributed by atoms with E-state index in [9.17, 15) is 9.59 Å². The zero-order valence-electron chi connectivity index (χ0n) is 17.7. The van der Waals surface area contributed by atoms with E-state index in [1.807, 2.05) is 79.2 Å². The van der Waals surface area contributed by atoms with E-state index in [-0.39, 0.29) is 17.2 Å². The van der Waals surface area contributed by atoms with Gasteiger partial charge in [-0.25, -0.2) is 0 Å². The molecule has 0 aliphatic carbocycles. The predicted molar refractivity (Wildman–Crippen MR) is 124 cm³/mol. The Kier molecular flexibility index (Phi) is 4.78. The fourth-order valence-corrected chi connectivity index (χ4v) is 3.97. The van der Waals surface area contributed by atoms with Crippen LogP contribution in [0.5, 0.6) is 0 Å². The van der Waals surface area contributed by atoms with Crippen LogP contribution in [-0.2, 0) is 13.6 Å². The lowest BCUT2D eigenvalue weighted by molar-refractivity contribution is 0.0946. The molecule has 0 aliphatic rings. The highest BCUT2D eigenvalue weighted by atomic mass is 16.2. The summed E-state index contributed by atoms with van der Waals surface area (Å²) in [4.78, 5) is 30.9. The number of aryl methyl sites for hydroxylation is 2. The lowest BCUT2D eigenvalue weighted by atomic mass is 10.1. The third-order valence-electron chi connectivity index (χ3n) is 5.61. The van der Waals surface area contributed by atoms with Crippen LogP contribution in [0, 0.1) is 6.92 Å². The van der Waals surface area contributed by atoms with Crippen molar-refractivity contribution in [2.24, 2.45) is 7.05 Å². The first-order valence-electron chi connectivity index (χ1n) is 10.3. The van der Waals surface area contributed by atoms with Gasteiger partial charge in [0.15, 0.2) is 5.69 Å². The number of pyridine rings is 1. The van der Waals surface area contributed by atoms with Gasteiger partial charge in [0.1, 0.15) is 5.52 Å². The minimum absolute atomic E-state index is 0.209. The van der Waals surface area contributed by atoms with Gasteiger partial charge in [-0.2, -0.15) is 9.78 Å². The summed E-state index contributed by atoms with van der Waals surface area (Å²) in [6.07, 6.45) is 3.39. The second-order valence-electron chi connectivity index (χ2n) is 7.74. The normalized spacial score (nSPS) is 11.2. The summed E-state index contributed by atoms with van der Waals surface area (Å²) in [5.41, 5.74) is 3.79. The van der Waals surface area contributed by atoms with Crippen LogP contribution in [-0.4, -0.2) is 25.2 Å². The Morgan fingerprint density at radius 1 is 1.03 bits per heavy atom. The second kappa shape index (κ2) is 7.77. The summed E-state index contributed by atoms with van der Waals surface area (Å²) in [5, 5.41) is 8.83. The minimum atomic E-state index is -0.351. The Bertz CT molecular complexity index is 1520. The smallest absolute Gasteiger partial charge is 0.296 e. The number of amides is 1. The zero-order chi connectivity index (χ0) is 22.2. The van der Waals surface area contributed by atoms with Crippen LogP contribution < -0.4 is 10.9 Å². The van der Waals surface area contributed by atoms with Gasteiger partial charge in [0, 0.05) is 42.3 Å². The summed E-state index contributed by atoms with van der Waals surface area (Å²) in [6, 6.07) is 18.8. The Labute approximate surface area is 183 Å². The van der Waals surface area contributed by atoms with E-state index < -0.39 is 0 Å². The van der Waals surface area contributed by atoms with Crippen molar-refractivity contribution in [3.8, 4) is 5.69 Å². The van der Waals surface area contributed by atoms with Crippen LogP contribution >= 0.6 is 0 Å². The number of carbonyl (C=O) groups is 1. The molecule has 0 spiro atoms. The molecule has 7 heteroatoms. The molecule has 0 unspecified atom stereocenters. The van der Waals surface area contributed by atoms with E-state index in [4.69, 9.17) is 0 Å². The molecule has 0 fully saturated rings. The monoisotopic (exact) mass is 423 g/mol. The highest BCUT2D eigenvalue weighted by Crippen LogP contribution is 2.28. The van der Waals surface area contributed by atoms with Crippen molar-refractivity contribution in [1.29, 1.82) is 0 Å². The van der Waals surface area contributed by atoms with Gasteiger partial charge in [0.05, 0.1) is 5.69 Å². The number of hydrogen-bond acceptors (Lipinski definition) is 4. The van der Waals surface area contributed by atoms with E-state index in [0.29, 0.717) is 23.1 Å². The van der Waals surface area contributed by atoms with Gasteiger partial charge in [-0.15, -0.1) is 0 Å². The third-order valence-corrected chi connectivity index (χ3v) is 5.61. The van der Waals surface area contributed by atoms with Crippen molar-refractivity contribution < 1.29 is 4.79 Å². The number of nitrogens with zero attached hydrogens (tertiary/aromatic N) is 4. The summed E-state index contributed by atoms with van der Waals surface area (Å²) >= 11 is 0. The highest BCUT2D eigenvalue weighted by molar-refractivity contribution is 6.16. The predicted octanol–water partition coefficient (Wildman–Crippen LogP) is 3.51. The first-order valence-corrected chi connectivity index (χ1v) is 10.3. The van der Waals surface area contributed by atoms with Crippen molar-refractivity contribution in [2.75, 3.05) is 0 Å². The standard InChI is InChI=1S/C25H21N5O2/c1-16-9-11-18(12-10-16)30-25(32)23-21(19-7-3-4-8-20(19)29(23)2)22(28-30)24(31)27-15-17-6-5-13-26-14-17/h3-14H,15H2,1-2H3,(H,27,31). The molecule has 0 saturated heterocycles. The maximum absolute atomic E-state index is 13.5. The molecule has 7 nitrogen and oxygen atoms in total. The summed E-state index contributed by atoms with van der Waals surface area (Å²) in [6.45, 7) is 2.29. The molecule has 0 radical (unpaired) electrons. The van der Waals surface area contributed by atoms with Crippen molar-refractivity contribution >= 4 is 27.7 Å². The molecule has 3 heterocycles. The van der Waals surface area contributed by atoms with E-state index >= 15 is 0 Å². The van der Waals surface area contributed by atoms with Gasteiger partial charge in [0.2, 0.25) is 0 Å². The number of para-hydroxylation sites is 1. The Balaban J connectivity index is 1.73. The third kappa shape index (κ3) is 3.24. The molecule has 158 valence electrons. The summed E-state index contributed by atoms with van der Waals surface area (Å²) in [5.74, 6) is -0.351. The maximum atomic E-state index is 13.5. The van der Waals surface area contributed by atoms with E-state index in [1.165, 1.54) is 4.68 Å². The molecule has 1 amide bonds. The molecule has 2 aromatic carbocycles. The lowest BCUT2D eigenvalue weighted by Crippen LogP contribution is -2.30. The van der Waals surface area contributed by atoms with Crippen molar-refractivity contribution in [2.45, 2.75) is 13.5 Å². The first-order chi connectivity index (χ1) is 15.5. The number of aromatic nitrogens is 4. The summed E-state index contributed by atoms with van der Waals surface area (Å²) in [7, 11) is 1.84. The quantitative estimate of drug-likeness (QED) is 0.480. The average Bonchev–Trinajstić information content (AvgIpc) is 3.12. The Morgan fingerprint density at radius 3 is 2.56 bits per heavy atom. The Hall–Kier alpha value is -4.26. The maximum Gasteiger partial charge on any atom is 0.296 e. The topological polar surface area (TPSA) is 81.8 Å². The summed E-state index contributed by atoms with van der Waals surface area (Å²) < 4.78 is 3.14. The molecule has 0 bridgehead atoms. The fraction of sp³-hybridized carbons (Fsp3) is 0.120. The van der Waals surface area contributed by atoms with Gasteiger partial charge in [-0.1, -0.05) is 42.0 Å². The number of carbonyl (C=O) groups excluding carboxylic acids is 1. The van der Waals surface area contributed by atoms with Crippen molar-refractivity contribution in [3.05, 3.63) is 100 Å². The molecule has 0 aliphatic heterocycles. The molecule has 1 N–H and O–H groups in total. The zero-order valence-corrected chi connectivity index (χ0v) is 17.7. The van der Waals surface area contributed by atoms with E-state index in [1.54, 1.807) is 12.4 Å². The number of rotatable bonds is 4. The molecule has 32 heavy (non-hydrogen) atoms. The van der Waals surface area contributed by atoms with E-state index in [2.05, 4.69) is 15.4 Å². The van der Waals surface area contributed by atoms with Crippen LogP contribution in [0.15, 0.2) is 77.9 Å². The second-order valence-corrected chi connectivity index (χ2v) is 7.74. The molecule has 5 rings (SSSR count). The van der Waals surface area contributed by atoms with Gasteiger partial charge in [-0.3, -0.25) is 14.6 Å². The average molecular weight is 423 g/mol. The molecular weight excluding hydrogens is 402 g/mol. The van der Waals surface area contributed by atoms with Gasteiger partial charge >= 0.3 is 0 Å². The van der Waals surface area contributed by atoms with Crippen LogP contribution in [0.2, 0.25) is 0 Å². The van der Waals surface area contributed by atoms with E-state index in [0.717, 1.165) is 22.0 Å². The highest BCUT2D eigenvalue weighted by Gasteiger charge is 2.23. The van der Waals surface area contributed by atoms with Crippen molar-refractivity contribution in [1.82, 2.24) is 24.6 Å². The molecule has 3 aromatic heterocycles. The van der Waals surface area contributed by atoms with Gasteiger partial charge in [-0.05, 0) is 36.8 Å². The number of benzene rings is 2. The van der Waals surface area contributed by atoms with Crippen LogP contribution in [0.1, 0.15) is 21.6 Å². The van der Waals surface area contributed by atoms with Crippen molar-refractivity contribution in [3.63, 3.8) is 0 Å². The van der Waals surface area contributed by atoms with Crippen LogP contribution in [0.25, 0.3) is 27.5 Å². The van der Waals surface area contributed by atoms with Gasteiger partial charge in [0.25, 0.3) is 11.5 Å². The molecule has 0 saturated carbocycles. The minimum Gasteiger partial charge on any atom is -0.346 e. The fourth-order valence-electron chi connectivity index (χ4n) is 3.97. The van der Waals surface area contributed by atoms with Gasteiger partial charge < -0.3 is 9.88 Å². The number of hydrogen-bond donors (Lipinski definition) is 1. The molecular formula is C25H21N5O2.